The number of benzene rings is 1. The van der Waals surface area contributed by atoms with Gasteiger partial charge in [-0.1, -0.05) is 15.9 Å². The van der Waals surface area contributed by atoms with Gasteiger partial charge in [0.1, 0.15) is 11.6 Å². The topological polar surface area (TPSA) is 52.3 Å². The summed E-state index contributed by atoms with van der Waals surface area (Å²) in [6.45, 7) is -0.241. The highest BCUT2D eigenvalue weighted by molar-refractivity contribution is 9.10. The molecule has 1 aromatic rings. The fourth-order valence-electron chi connectivity index (χ4n) is 1.08. The van der Waals surface area contributed by atoms with Gasteiger partial charge in [-0.15, -0.1) is 0 Å². The zero-order chi connectivity index (χ0) is 10.7. The summed E-state index contributed by atoms with van der Waals surface area (Å²) in [7, 11) is 1.37. The first-order chi connectivity index (χ1) is 6.60. The van der Waals surface area contributed by atoms with Crippen molar-refractivity contribution in [2.45, 2.75) is 0 Å². The number of ether oxygens (including phenoxy) is 1. The van der Waals surface area contributed by atoms with E-state index in [0.29, 0.717) is 4.47 Å². The highest BCUT2D eigenvalue weighted by Crippen LogP contribution is 2.26. The summed E-state index contributed by atoms with van der Waals surface area (Å²) in [6, 6.07) is 2.72. The van der Waals surface area contributed by atoms with Crippen LogP contribution in [0.1, 0.15) is 10.4 Å². The summed E-state index contributed by atoms with van der Waals surface area (Å²) in [5.41, 5.74) is 5.05. The number of ketones is 1. The molecule has 0 aliphatic rings. The van der Waals surface area contributed by atoms with Crippen molar-refractivity contribution >= 4 is 21.7 Å². The van der Waals surface area contributed by atoms with Crippen LogP contribution in [0.15, 0.2) is 16.6 Å². The molecule has 76 valence electrons. The molecule has 0 aromatic heterocycles. The zero-order valence-corrected chi connectivity index (χ0v) is 9.10. The van der Waals surface area contributed by atoms with Crippen LogP contribution in [0.4, 0.5) is 4.39 Å². The van der Waals surface area contributed by atoms with Crippen LogP contribution in [0.3, 0.4) is 0 Å². The smallest absolute Gasteiger partial charge is 0.183 e. The first-order valence-electron chi connectivity index (χ1n) is 3.86. The normalized spacial score (nSPS) is 10.0. The Kier molecular flexibility index (Phi) is 3.60. The molecular weight excluding hydrogens is 253 g/mol. The van der Waals surface area contributed by atoms with Gasteiger partial charge in [-0.05, 0) is 12.1 Å². The SMILES string of the molecule is COc1cc(Br)cc(F)c1C(=O)CN. The second-order valence-corrected chi connectivity index (χ2v) is 3.51. The summed E-state index contributed by atoms with van der Waals surface area (Å²) in [5, 5.41) is 0. The Morgan fingerprint density at radius 3 is 2.79 bits per heavy atom. The first kappa shape index (κ1) is 11.1. The van der Waals surface area contributed by atoms with Gasteiger partial charge < -0.3 is 10.5 Å². The number of Topliss-reactive ketones (excluding diaryl/α,β-unsaturated/α-hetero) is 1. The molecule has 1 rings (SSSR count). The first-order valence-corrected chi connectivity index (χ1v) is 4.65. The molecule has 0 bridgehead atoms. The Morgan fingerprint density at radius 1 is 1.64 bits per heavy atom. The quantitative estimate of drug-likeness (QED) is 0.844. The van der Waals surface area contributed by atoms with Crippen molar-refractivity contribution in [3.63, 3.8) is 0 Å². The molecule has 0 aliphatic carbocycles. The van der Waals surface area contributed by atoms with Crippen LogP contribution in [0, 0.1) is 5.82 Å². The molecule has 0 radical (unpaired) electrons. The molecule has 5 heteroatoms. The number of halogens is 2. The summed E-state index contributed by atoms with van der Waals surface area (Å²) < 4.78 is 18.7. The highest BCUT2D eigenvalue weighted by atomic mass is 79.9. The standard InChI is InChI=1S/C9H9BrFNO2/c1-14-8-3-5(10)2-6(11)9(8)7(13)4-12/h2-3H,4,12H2,1H3. The number of nitrogens with two attached hydrogens (primary N) is 1. The zero-order valence-electron chi connectivity index (χ0n) is 7.51. The third-order valence-electron chi connectivity index (χ3n) is 1.70. The van der Waals surface area contributed by atoms with E-state index in [2.05, 4.69) is 15.9 Å². The lowest BCUT2D eigenvalue weighted by molar-refractivity contribution is 0.0994. The molecule has 0 atom stereocenters. The van der Waals surface area contributed by atoms with Crippen LogP contribution in [0.2, 0.25) is 0 Å². The van der Waals surface area contributed by atoms with E-state index in [4.69, 9.17) is 10.5 Å². The minimum Gasteiger partial charge on any atom is -0.496 e. The Bertz CT molecular complexity index is 368. The summed E-state index contributed by atoms with van der Waals surface area (Å²) >= 11 is 3.10. The molecule has 0 amide bonds. The Hall–Kier alpha value is -0.940. The second-order valence-electron chi connectivity index (χ2n) is 2.59. The second kappa shape index (κ2) is 4.52. The molecule has 0 aliphatic heterocycles. The van der Waals surface area contributed by atoms with Crippen molar-refractivity contribution in [1.82, 2.24) is 0 Å². The van der Waals surface area contributed by atoms with Crippen molar-refractivity contribution in [3.8, 4) is 5.75 Å². The number of methoxy groups -OCH3 is 1. The van der Waals surface area contributed by atoms with E-state index >= 15 is 0 Å². The van der Waals surface area contributed by atoms with E-state index in [9.17, 15) is 9.18 Å². The average molecular weight is 262 g/mol. The minimum absolute atomic E-state index is 0.0989. The molecule has 14 heavy (non-hydrogen) atoms. The summed E-state index contributed by atoms with van der Waals surface area (Å²) in [4.78, 5) is 11.3. The maximum atomic E-state index is 13.3. The van der Waals surface area contributed by atoms with E-state index < -0.39 is 11.6 Å². The number of carbonyl (C=O) groups excluding carboxylic acids is 1. The van der Waals surface area contributed by atoms with Crippen LogP contribution in [-0.2, 0) is 0 Å². The maximum absolute atomic E-state index is 13.3. The van der Waals surface area contributed by atoms with E-state index in [1.54, 1.807) is 0 Å². The van der Waals surface area contributed by atoms with Gasteiger partial charge in [-0.3, -0.25) is 4.79 Å². The van der Waals surface area contributed by atoms with Gasteiger partial charge in [0, 0.05) is 4.47 Å². The summed E-state index contributed by atoms with van der Waals surface area (Å²) in [5.74, 6) is -0.925. The number of hydrogen-bond acceptors (Lipinski definition) is 3. The van der Waals surface area contributed by atoms with Crippen LogP contribution >= 0.6 is 15.9 Å². The highest BCUT2D eigenvalue weighted by Gasteiger charge is 2.17. The van der Waals surface area contributed by atoms with Crippen molar-refractivity contribution < 1.29 is 13.9 Å². The lowest BCUT2D eigenvalue weighted by Gasteiger charge is -2.08. The van der Waals surface area contributed by atoms with Crippen molar-refractivity contribution in [3.05, 3.63) is 28.0 Å². The molecule has 0 unspecified atom stereocenters. The fourth-order valence-corrected chi connectivity index (χ4v) is 1.49. The third-order valence-corrected chi connectivity index (χ3v) is 2.16. The molecule has 0 saturated carbocycles. The third kappa shape index (κ3) is 2.10. The van der Waals surface area contributed by atoms with Crippen molar-refractivity contribution in [2.24, 2.45) is 5.73 Å². The van der Waals surface area contributed by atoms with E-state index in [1.165, 1.54) is 19.2 Å². The molecule has 3 nitrogen and oxygen atoms in total. The molecule has 0 spiro atoms. The van der Waals surface area contributed by atoms with Gasteiger partial charge in [-0.2, -0.15) is 0 Å². The molecule has 0 saturated heterocycles. The molecule has 1 aromatic carbocycles. The molecule has 0 fully saturated rings. The van der Waals surface area contributed by atoms with Crippen LogP contribution in [-0.4, -0.2) is 19.4 Å². The Balaban J connectivity index is 3.32. The van der Waals surface area contributed by atoms with Crippen LogP contribution < -0.4 is 10.5 Å². The number of hydrogen-bond donors (Lipinski definition) is 1. The van der Waals surface area contributed by atoms with E-state index in [0.717, 1.165) is 0 Å². The van der Waals surface area contributed by atoms with Gasteiger partial charge in [0.15, 0.2) is 5.78 Å². The van der Waals surface area contributed by atoms with Crippen LogP contribution in [0.5, 0.6) is 5.75 Å². The van der Waals surface area contributed by atoms with E-state index in [-0.39, 0.29) is 17.9 Å². The largest absolute Gasteiger partial charge is 0.496 e. The van der Waals surface area contributed by atoms with Gasteiger partial charge >= 0.3 is 0 Å². The predicted octanol–water partition coefficient (Wildman–Crippen LogP) is 1.74. The minimum atomic E-state index is -0.633. The number of rotatable bonds is 3. The van der Waals surface area contributed by atoms with Gasteiger partial charge in [-0.25, -0.2) is 4.39 Å². The van der Waals surface area contributed by atoms with E-state index in [1.807, 2.05) is 0 Å². The maximum Gasteiger partial charge on any atom is 0.183 e. The molecular formula is C9H9BrFNO2. The molecule has 2 N–H and O–H groups in total. The van der Waals surface area contributed by atoms with Gasteiger partial charge in [0.25, 0.3) is 0 Å². The molecule has 0 heterocycles. The Labute approximate surface area is 89.2 Å². The monoisotopic (exact) mass is 261 g/mol. The van der Waals surface area contributed by atoms with Crippen molar-refractivity contribution in [2.75, 3.05) is 13.7 Å². The van der Waals surface area contributed by atoms with Gasteiger partial charge in [0.2, 0.25) is 0 Å². The van der Waals surface area contributed by atoms with Crippen molar-refractivity contribution in [1.29, 1.82) is 0 Å². The predicted molar refractivity (Wildman–Crippen MR) is 54.0 cm³/mol. The van der Waals surface area contributed by atoms with Gasteiger partial charge in [0.05, 0.1) is 19.2 Å². The lowest BCUT2D eigenvalue weighted by Crippen LogP contribution is -2.16. The lowest BCUT2D eigenvalue weighted by atomic mass is 10.1. The van der Waals surface area contributed by atoms with Crippen LogP contribution in [0.25, 0.3) is 0 Å². The summed E-state index contributed by atoms with van der Waals surface area (Å²) in [6.07, 6.45) is 0. The Morgan fingerprint density at radius 2 is 2.29 bits per heavy atom. The average Bonchev–Trinajstić information content (AvgIpc) is 2.15. The fraction of sp³-hybridized carbons (Fsp3) is 0.222. The number of carbonyl (C=O) groups is 1.